The second kappa shape index (κ2) is 4.80. The zero-order valence-electron chi connectivity index (χ0n) is 8.34. The minimum absolute atomic E-state index is 0.695. The first kappa shape index (κ1) is 9.96. The van der Waals surface area contributed by atoms with Crippen molar-refractivity contribution in [2.24, 2.45) is 5.92 Å². The minimum Gasteiger partial charge on any atom is -0.383 e. The molecule has 2 atom stereocenters. The van der Waals surface area contributed by atoms with E-state index in [2.05, 4.69) is 24.2 Å². The fraction of sp³-hybridized carbons (Fsp3) is 1.00. The Morgan fingerprint density at radius 2 is 2.25 bits per heavy atom. The van der Waals surface area contributed by atoms with Gasteiger partial charge in [-0.1, -0.05) is 6.92 Å². The molecule has 1 aliphatic rings. The number of nitrogens with zero attached hydrogens (tertiary/aromatic N) is 1. The topological polar surface area (TPSA) is 24.5 Å². The maximum Gasteiger partial charge on any atom is 0.0589 e. The highest BCUT2D eigenvalue weighted by atomic mass is 16.5. The molecule has 0 aromatic heterocycles. The molecule has 0 aromatic rings. The van der Waals surface area contributed by atoms with Gasteiger partial charge in [0.2, 0.25) is 0 Å². The minimum atomic E-state index is 0.695. The summed E-state index contributed by atoms with van der Waals surface area (Å²) in [4.78, 5) is 2.38. The predicted molar refractivity (Wildman–Crippen MR) is 50.3 cm³/mol. The molecule has 3 heteroatoms. The first-order chi connectivity index (χ1) is 5.75. The molecule has 0 aromatic carbocycles. The highest BCUT2D eigenvalue weighted by Crippen LogP contribution is 2.12. The molecule has 0 saturated carbocycles. The van der Waals surface area contributed by atoms with Crippen LogP contribution in [0, 0.1) is 5.92 Å². The van der Waals surface area contributed by atoms with Crippen molar-refractivity contribution in [3.8, 4) is 0 Å². The van der Waals surface area contributed by atoms with Crippen LogP contribution in [0.3, 0.4) is 0 Å². The number of nitrogens with one attached hydrogen (secondary N) is 1. The summed E-state index contributed by atoms with van der Waals surface area (Å²) >= 11 is 0. The van der Waals surface area contributed by atoms with Crippen LogP contribution >= 0.6 is 0 Å². The summed E-state index contributed by atoms with van der Waals surface area (Å²) in [6.07, 6.45) is 0. The van der Waals surface area contributed by atoms with Gasteiger partial charge in [-0.3, -0.25) is 4.90 Å². The Balaban J connectivity index is 2.25. The normalized spacial score (nSPS) is 30.0. The van der Waals surface area contributed by atoms with Crippen molar-refractivity contribution in [1.82, 2.24) is 10.2 Å². The summed E-state index contributed by atoms with van der Waals surface area (Å²) in [5.74, 6) is 0.770. The van der Waals surface area contributed by atoms with Crippen LogP contribution in [0.15, 0.2) is 0 Å². The molecule has 1 N–H and O–H groups in total. The van der Waals surface area contributed by atoms with Crippen molar-refractivity contribution in [2.75, 3.05) is 40.4 Å². The van der Waals surface area contributed by atoms with Crippen molar-refractivity contribution in [2.45, 2.75) is 13.0 Å². The lowest BCUT2D eigenvalue weighted by Crippen LogP contribution is -2.38. The second-order valence-electron chi connectivity index (χ2n) is 3.68. The van der Waals surface area contributed by atoms with E-state index < -0.39 is 0 Å². The molecule has 1 heterocycles. The van der Waals surface area contributed by atoms with E-state index in [9.17, 15) is 0 Å². The van der Waals surface area contributed by atoms with E-state index >= 15 is 0 Å². The molecule has 1 fully saturated rings. The van der Waals surface area contributed by atoms with Crippen molar-refractivity contribution in [3.05, 3.63) is 0 Å². The van der Waals surface area contributed by atoms with Crippen LogP contribution in [0.5, 0.6) is 0 Å². The summed E-state index contributed by atoms with van der Waals surface area (Å²) in [6, 6.07) is 0.695. The molecular weight excluding hydrogens is 152 g/mol. The number of likely N-dealkylation sites (N-methyl/N-ethyl adjacent to an activating group) is 1. The van der Waals surface area contributed by atoms with E-state index in [1.54, 1.807) is 7.11 Å². The Morgan fingerprint density at radius 3 is 2.75 bits per heavy atom. The van der Waals surface area contributed by atoms with E-state index in [0.717, 1.165) is 32.2 Å². The quantitative estimate of drug-likeness (QED) is 0.654. The largest absolute Gasteiger partial charge is 0.383 e. The third-order valence-corrected chi connectivity index (χ3v) is 2.69. The SMILES string of the molecule is COCCN(C)C1CNCC1C. The fourth-order valence-corrected chi connectivity index (χ4v) is 1.79. The van der Waals surface area contributed by atoms with Crippen LogP contribution in [0.4, 0.5) is 0 Å². The van der Waals surface area contributed by atoms with Crippen LogP contribution in [-0.4, -0.2) is 51.3 Å². The van der Waals surface area contributed by atoms with Gasteiger partial charge in [0, 0.05) is 26.2 Å². The number of ether oxygens (including phenoxy) is 1. The lowest BCUT2D eigenvalue weighted by Gasteiger charge is -2.26. The van der Waals surface area contributed by atoms with Crippen molar-refractivity contribution >= 4 is 0 Å². The number of rotatable bonds is 4. The van der Waals surface area contributed by atoms with E-state index in [1.165, 1.54) is 0 Å². The standard InChI is InChI=1S/C9H20N2O/c1-8-6-10-7-9(8)11(2)4-5-12-3/h8-10H,4-7H2,1-3H3. The molecular formula is C9H20N2O. The van der Waals surface area contributed by atoms with Gasteiger partial charge in [0.15, 0.2) is 0 Å². The first-order valence-corrected chi connectivity index (χ1v) is 4.65. The average molecular weight is 172 g/mol. The van der Waals surface area contributed by atoms with Crippen LogP contribution in [0.2, 0.25) is 0 Å². The van der Waals surface area contributed by atoms with Gasteiger partial charge >= 0.3 is 0 Å². The van der Waals surface area contributed by atoms with Gasteiger partial charge in [0.05, 0.1) is 6.61 Å². The van der Waals surface area contributed by atoms with Gasteiger partial charge in [-0.15, -0.1) is 0 Å². The maximum atomic E-state index is 5.05. The van der Waals surface area contributed by atoms with Gasteiger partial charge in [-0.05, 0) is 19.5 Å². The van der Waals surface area contributed by atoms with Crippen LogP contribution in [-0.2, 0) is 4.74 Å². The summed E-state index contributed by atoms with van der Waals surface area (Å²) in [6.45, 7) is 6.45. The first-order valence-electron chi connectivity index (χ1n) is 4.65. The van der Waals surface area contributed by atoms with Gasteiger partial charge in [-0.2, -0.15) is 0 Å². The van der Waals surface area contributed by atoms with E-state index in [-0.39, 0.29) is 0 Å². The molecule has 72 valence electrons. The molecule has 3 nitrogen and oxygen atoms in total. The zero-order chi connectivity index (χ0) is 8.97. The number of hydrogen-bond acceptors (Lipinski definition) is 3. The highest BCUT2D eigenvalue weighted by molar-refractivity contribution is 4.84. The van der Waals surface area contributed by atoms with Crippen molar-refractivity contribution in [1.29, 1.82) is 0 Å². The third kappa shape index (κ3) is 2.44. The Morgan fingerprint density at radius 1 is 1.50 bits per heavy atom. The smallest absolute Gasteiger partial charge is 0.0589 e. The molecule has 0 spiro atoms. The molecule has 1 saturated heterocycles. The molecule has 1 rings (SSSR count). The van der Waals surface area contributed by atoms with Crippen LogP contribution < -0.4 is 5.32 Å². The van der Waals surface area contributed by atoms with Gasteiger partial charge in [-0.25, -0.2) is 0 Å². The summed E-state index contributed by atoms with van der Waals surface area (Å²) in [7, 11) is 3.93. The Hall–Kier alpha value is -0.120. The number of methoxy groups -OCH3 is 1. The highest BCUT2D eigenvalue weighted by Gasteiger charge is 2.25. The molecule has 0 amide bonds. The average Bonchev–Trinajstić information content (AvgIpc) is 2.47. The van der Waals surface area contributed by atoms with Crippen molar-refractivity contribution < 1.29 is 4.74 Å². The number of hydrogen-bond donors (Lipinski definition) is 1. The third-order valence-electron chi connectivity index (χ3n) is 2.69. The molecule has 1 aliphatic heterocycles. The summed E-state index contributed by atoms with van der Waals surface area (Å²) < 4.78 is 5.05. The van der Waals surface area contributed by atoms with E-state index in [1.807, 2.05) is 0 Å². The Bertz CT molecular complexity index is 130. The molecule has 0 bridgehead atoms. The molecule has 2 unspecified atom stereocenters. The lowest BCUT2D eigenvalue weighted by atomic mass is 10.1. The van der Waals surface area contributed by atoms with Crippen molar-refractivity contribution in [3.63, 3.8) is 0 Å². The predicted octanol–water partition coefficient (Wildman–Crippen LogP) is 0.173. The zero-order valence-corrected chi connectivity index (χ0v) is 8.34. The Kier molecular flexibility index (Phi) is 3.98. The second-order valence-corrected chi connectivity index (χ2v) is 3.68. The van der Waals surface area contributed by atoms with Gasteiger partial charge in [0.25, 0.3) is 0 Å². The summed E-state index contributed by atoms with van der Waals surface area (Å²) in [5.41, 5.74) is 0. The molecule has 0 radical (unpaired) electrons. The molecule has 0 aliphatic carbocycles. The van der Waals surface area contributed by atoms with E-state index in [0.29, 0.717) is 6.04 Å². The Labute approximate surface area is 75.1 Å². The molecule has 12 heavy (non-hydrogen) atoms. The van der Waals surface area contributed by atoms with Gasteiger partial charge < -0.3 is 10.1 Å². The fourth-order valence-electron chi connectivity index (χ4n) is 1.79. The van der Waals surface area contributed by atoms with Crippen LogP contribution in [0.25, 0.3) is 0 Å². The summed E-state index contributed by atoms with van der Waals surface area (Å²) in [5, 5.41) is 3.40. The maximum absolute atomic E-state index is 5.05. The van der Waals surface area contributed by atoms with Crippen LogP contribution in [0.1, 0.15) is 6.92 Å². The lowest BCUT2D eigenvalue weighted by molar-refractivity contribution is 0.132. The van der Waals surface area contributed by atoms with E-state index in [4.69, 9.17) is 4.74 Å². The monoisotopic (exact) mass is 172 g/mol. The van der Waals surface area contributed by atoms with Gasteiger partial charge in [0.1, 0.15) is 0 Å².